The first-order valence-electron chi connectivity index (χ1n) is 10.9. The third kappa shape index (κ3) is 5.71. The molecular weight excluding hydrogens is 449 g/mol. The van der Waals surface area contributed by atoms with Gasteiger partial charge in [0.1, 0.15) is 17.1 Å². The van der Waals surface area contributed by atoms with Crippen molar-refractivity contribution in [3.8, 4) is 5.75 Å². The number of halogens is 3. The fourth-order valence-corrected chi connectivity index (χ4v) is 3.67. The number of carbonyl (C=O) groups is 1. The summed E-state index contributed by atoms with van der Waals surface area (Å²) in [4.78, 5) is 30.5. The van der Waals surface area contributed by atoms with Crippen LogP contribution in [0.5, 0.6) is 5.75 Å². The maximum atomic E-state index is 12.6. The number of carbonyl (C=O) groups excluding carboxylic acids is 1. The van der Waals surface area contributed by atoms with Crippen molar-refractivity contribution < 1.29 is 22.7 Å². The van der Waals surface area contributed by atoms with E-state index in [9.17, 15) is 18.0 Å². The van der Waals surface area contributed by atoms with Crippen LogP contribution in [0.1, 0.15) is 17.7 Å². The number of fused-ring (bicyclic) bond motifs is 1. The lowest BCUT2D eigenvalue weighted by Crippen LogP contribution is -2.30. The number of nitrogens with one attached hydrogen (secondary N) is 1. The Kier molecular flexibility index (Phi) is 6.82. The van der Waals surface area contributed by atoms with Gasteiger partial charge in [-0.2, -0.15) is 13.2 Å². The molecule has 1 N–H and O–H groups in total. The number of hydrogen-bond donors (Lipinski definition) is 1. The molecule has 0 atom stereocenters. The molecule has 0 radical (unpaired) electrons. The Morgan fingerprint density at radius 3 is 2.53 bits per heavy atom. The molecule has 0 bridgehead atoms. The quantitative estimate of drug-likeness (QED) is 0.606. The number of ether oxygens (including phenoxy) is 1. The molecule has 1 aliphatic rings. The van der Waals surface area contributed by atoms with Crippen LogP contribution < -0.4 is 15.0 Å². The molecule has 11 heteroatoms. The van der Waals surface area contributed by atoms with Gasteiger partial charge in [0.05, 0.1) is 16.8 Å². The molecule has 2 aromatic heterocycles. The van der Waals surface area contributed by atoms with Crippen molar-refractivity contribution in [2.24, 2.45) is 0 Å². The molecule has 1 amide bonds. The Bertz CT molecular complexity index is 1170. The van der Waals surface area contributed by atoms with Crippen molar-refractivity contribution in [2.75, 3.05) is 50.1 Å². The first-order valence-corrected chi connectivity index (χ1v) is 10.9. The van der Waals surface area contributed by atoms with Crippen molar-refractivity contribution in [1.29, 1.82) is 0 Å². The fourth-order valence-electron chi connectivity index (χ4n) is 3.67. The summed E-state index contributed by atoms with van der Waals surface area (Å²) in [6.45, 7) is 5.19. The van der Waals surface area contributed by atoms with Crippen molar-refractivity contribution >= 4 is 28.7 Å². The maximum Gasteiger partial charge on any atom is 0.416 e. The maximum absolute atomic E-state index is 12.6. The van der Waals surface area contributed by atoms with Crippen LogP contribution in [0.2, 0.25) is 0 Å². The molecule has 3 heterocycles. The third-order valence-corrected chi connectivity index (χ3v) is 5.53. The van der Waals surface area contributed by atoms with Crippen molar-refractivity contribution in [3.05, 3.63) is 47.7 Å². The number of amides is 1. The van der Waals surface area contributed by atoms with E-state index < -0.39 is 17.6 Å². The van der Waals surface area contributed by atoms with Gasteiger partial charge in [0.15, 0.2) is 6.61 Å². The Labute approximate surface area is 194 Å². The number of benzene rings is 1. The third-order valence-electron chi connectivity index (χ3n) is 5.53. The lowest BCUT2D eigenvalue weighted by molar-refractivity contribution is -0.137. The van der Waals surface area contributed by atoms with Gasteiger partial charge in [0, 0.05) is 19.6 Å². The smallest absolute Gasteiger partial charge is 0.416 e. The van der Waals surface area contributed by atoms with Crippen LogP contribution in [0.3, 0.4) is 0 Å². The summed E-state index contributed by atoms with van der Waals surface area (Å²) in [5, 5.41) is 2.63. The molecule has 8 nitrogen and oxygen atoms in total. The van der Waals surface area contributed by atoms with Crippen molar-refractivity contribution in [2.45, 2.75) is 19.5 Å². The predicted octanol–water partition coefficient (Wildman–Crippen LogP) is 3.51. The van der Waals surface area contributed by atoms with Crippen LogP contribution in [-0.4, -0.2) is 65.6 Å². The molecule has 180 valence electrons. The van der Waals surface area contributed by atoms with Gasteiger partial charge in [-0.05, 0) is 63.3 Å². The summed E-state index contributed by atoms with van der Waals surface area (Å²) in [6.07, 6.45) is -3.39. The van der Waals surface area contributed by atoms with Crippen molar-refractivity contribution in [1.82, 2.24) is 19.9 Å². The Hall–Kier alpha value is -3.47. The molecule has 0 aliphatic carbocycles. The number of hydrogen-bond acceptors (Lipinski definition) is 7. The van der Waals surface area contributed by atoms with Gasteiger partial charge in [0.25, 0.3) is 5.91 Å². The van der Waals surface area contributed by atoms with Gasteiger partial charge in [-0.25, -0.2) is 15.0 Å². The summed E-state index contributed by atoms with van der Waals surface area (Å²) in [5.74, 6) is 0.648. The summed E-state index contributed by atoms with van der Waals surface area (Å²) < 4.78 is 43.2. The molecule has 0 saturated carbocycles. The number of anilines is 2. The fraction of sp³-hybridized carbons (Fsp3) is 0.391. The van der Waals surface area contributed by atoms with Crippen LogP contribution >= 0.6 is 0 Å². The number of likely N-dealkylation sites (N-methyl/N-ethyl adjacent to an activating group) is 1. The zero-order valence-corrected chi connectivity index (χ0v) is 18.9. The van der Waals surface area contributed by atoms with E-state index in [0.717, 1.165) is 44.7 Å². The van der Waals surface area contributed by atoms with E-state index in [1.807, 2.05) is 6.92 Å². The number of nitrogens with zero attached hydrogens (tertiary/aromatic N) is 5. The van der Waals surface area contributed by atoms with Gasteiger partial charge in [-0.15, -0.1) is 0 Å². The molecule has 4 rings (SSSR count). The molecule has 0 unspecified atom stereocenters. The Balaban J connectivity index is 1.40. The van der Waals surface area contributed by atoms with E-state index in [1.165, 1.54) is 12.1 Å². The number of pyridine rings is 1. The highest BCUT2D eigenvalue weighted by atomic mass is 19.4. The predicted molar refractivity (Wildman–Crippen MR) is 122 cm³/mol. The minimum atomic E-state index is -4.43. The van der Waals surface area contributed by atoms with E-state index in [2.05, 4.69) is 37.1 Å². The number of alkyl halides is 3. The van der Waals surface area contributed by atoms with E-state index in [-0.39, 0.29) is 12.4 Å². The highest BCUT2D eigenvalue weighted by Gasteiger charge is 2.30. The summed E-state index contributed by atoms with van der Waals surface area (Å²) in [6, 6.07) is 7.57. The second kappa shape index (κ2) is 9.80. The standard InChI is InChI=1S/C23H25F3N6O2/c1-15-21-18(28-22(27-15)32-11-3-10-31(2)12-13-32)8-9-19(30-21)29-20(33)14-34-17-6-4-16(5-7-17)23(24,25)26/h4-9H,3,10-14H2,1-2H3,(H,29,30,33). The summed E-state index contributed by atoms with van der Waals surface area (Å²) in [7, 11) is 2.10. The van der Waals surface area contributed by atoms with Gasteiger partial charge in [-0.3, -0.25) is 4.79 Å². The Morgan fingerprint density at radius 2 is 1.79 bits per heavy atom. The molecular formula is C23H25F3N6O2. The second-order valence-corrected chi connectivity index (χ2v) is 8.18. The number of aryl methyl sites for hydroxylation is 1. The van der Waals surface area contributed by atoms with Crippen molar-refractivity contribution in [3.63, 3.8) is 0 Å². The minimum Gasteiger partial charge on any atom is -0.484 e. The van der Waals surface area contributed by atoms with Crippen LogP contribution in [0, 0.1) is 6.92 Å². The van der Waals surface area contributed by atoms with E-state index in [1.54, 1.807) is 12.1 Å². The first kappa shape index (κ1) is 23.7. The van der Waals surface area contributed by atoms with E-state index in [0.29, 0.717) is 28.5 Å². The van der Waals surface area contributed by atoms with Gasteiger partial charge >= 0.3 is 6.18 Å². The molecule has 3 aromatic rings. The summed E-state index contributed by atoms with van der Waals surface area (Å²) in [5.41, 5.74) is 1.18. The van der Waals surface area contributed by atoms with Gasteiger partial charge in [-0.1, -0.05) is 0 Å². The van der Waals surface area contributed by atoms with E-state index in [4.69, 9.17) is 4.74 Å². The average molecular weight is 474 g/mol. The normalized spacial score (nSPS) is 15.3. The zero-order valence-electron chi connectivity index (χ0n) is 18.9. The molecule has 1 aliphatic heterocycles. The summed E-state index contributed by atoms with van der Waals surface area (Å²) >= 11 is 0. The zero-order chi connectivity index (χ0) is 24.3. The topological polar surface area (TPSA) is 83.5 Å². The molecule has 34 heavy (non-hydrogen) atoms. The van der Waals surface area contributed by atoms with Crippen LogP contribution in [0.4, 0.5) is 24.9 Å². The first-order chi connectivity index (χ1) is 16.2. The number of aromatic nitrogens is 3. The minimum absolute atomic E-state index is 0.158. The lowest BCUT2D eigenvalue weighted by atomic mass is 10.2. The van der Waals surface area contributed by atoms with E-state index >= 15 is 0 Å². The molecule has 1 fully saturated rings. The highest BCUT2D eigenvalue weighted by molar-refractivity contribution is 5.92. The monoisotopic (exact) mass is 474 g/mol. The molecule has 1 aromatic carbocycles. The highest BCUT2D eigenvalue weighted by Crippen LogP contribution is 2.30. The SMILES string of the molecule is Cc1nc(N2CCCN(C)CC2)nc2ccc(NC(=O)COc3ccc(C(F)(F)F)cc3)nc12. The van der Waals surface area contributed by atoms with Gasteiger partial charge in [0.2, 0.25) is 5.95 Å². The second-order valence-electron chi connectivity index (χ2n) is 8.18. The van der Waals surface area contributed by atoms with Crippen LogP contribution in [0.25, 0.3) is 11.0 Å². The van der Waals surface area contributed by atoms with Crippen LogP contribution in [-0.2, 0) is 11.0 Å². The van der Waals surface area contributed by atoms with Gasteiger partial charge < -0.3 is 19.9 Å². The molecule has 1 saturated heterocycles. The lowest BCUT2D eigenvalue weighted by Gasteiger charge is -2.21. The molecule has 0 spiro atoms. The number of rotatable bonds is 5. The van der Waals surface area contributed by atoms with Crippen LogP contribution in [0.15, 0.2) is 36.4 Å². The Morgan fingerprint density at radius 1 is 1.03 bits per heavy atom. The largest absolute Gasteiger partial charge is 0.484 e. The average Bonchev–Trinajstić information content (AvgIpc) is 3.02.